The lowest BCUT2D eigenvalue weighted by Gasteiger charge is -2.22. The largest absolute Gasteiger partial charge is 0.308 e. The van der Waals surface area contributed by atoms with Gasteiger partial charge in [0.15, 0.2) is 10.9 Å². The molecule has 27 heavy (non-hydrogen) atoms. The van der Waals surface area contributed by atoms with Crippen LogP contribution in [0.2, 0.25) is 0 Å². The Bertz CT molecular complexity index is 1010. The van der Waals surface area contributed by atoms with Gasteiger partial charge in [0.05, 0.1) is 10.3 Å². The van der Waals surface area contributed by atoms with Gasteiger partial charge in [0.2, 0.25) is 0 Å². The summed E-state index contributed by atoms with van der Waals surface area (Å²) in [7, 11) is 3.57. The highest BCUT2D eigenvalue weighted by molar-refractivity contribution is 7.22. The Morgan fingerprint density at radius 2 is 1.70 bits per heavy atom. The Hall–Kier alpha value is -2.52. The SMILES string of the molecule is CN(C)CCN(C(=O)c1ccc(F)cc1F)c1nc2c(F)cc(F)cc2s1. The number of hydrogen-bond acceptors (Lipinski definition) is 4. The summed E-state index contributed by atoms with van der Waals surface area (Å²) in [6, 6.07) is 4.46. The van der Waals surface area contributed by atoms with Crippen molar-refractivity contribution in [1.82, 2.24) is 9.88 Å². The van der Waals surface area contributed by atoms with E-state index in [1.807, 2.05) is 0 Å². The first-order valence-corrected chi connectivity index (χ1v) is 8.75. The minimum Gasteiger partial charge on any atom is -0.308 e. The molecule has 1 heterocycles. The van der Waals surface area contributed by atoms with E-state index >= 15 is 0 Å². The molecule has 0 spiro atoms. The Morgan fingerprint density at radius 3 is 2.37 bits per heavy atom. The van der Waals surface area contributed by atoms with Crippen molar-refractivity contribution in [2.45, 2.75) is 0 Å². The van der Waals surface area contributed by atoms with Crippen LogP contribution in [0.4, 0.5) is 22.7 Å². The molecule has 0 radical (unpaired) electrons. The minimum atomic E-state index is -1.01. The molecular formula is C18H15F4N3OS. The molecular weight excluding hydrogens is 382 g/mol. The summed E-state index contributed by atoms with van der Waals surface area (Å²) in [5.41, 5.74) is -0.403. The first-order chi connectivity index (χ1) is 12.8. The highest BCUT2D eigenvalue weighted by atomic mass is 32.1. The zero-order chi connectivity index (χ0) is 19.7. The fraction of sp³-hybridized carbons (Fsp3) is 0.222. The molecule has 0 atom stereocenters. The second-order valence-corrected chi connectivity index (χ2v) is 7.12. The van der Waals surface area contributed by atoms with Crippen LogP contribution in [0.1, 0.15) is 10.4 Å². The fourth-order valence-electron chi connectivity index (χ4n) is 2.45. The molecule has 3 aromatic rings. The van der Waals surface area contributed by atoms with Crippen LogP contribution in [-0.4, -0.2) is 43.0 Å². The number of anilines is 1. The van der Waals surface area contributed by atoms with E-state index in [1.54, 1.807) is 19.0 Å². The van der Waals surface area contributed by atoms with Crippen LogP contribution in [0.5, 0.6) is 0 Å². The van der Waals surface area contributed by atoms with Crippen molar-refractivity contribution >= 4 is 32.6 Å². The van der Waals surface area contributed by atoms with Crippen molar-refractivity contribution in [3.8, 4) is 0 Å². The molecule has 3 rings (SSSR count). The molecule has 0 aliphatic rings. The molecule has 0 saturated carbocycles. The summed E-state index contributed by atoms with van der Waals surface area (Å²) < 4.78 is 54.9. The van der Waals surface area contributed by atoms with Gasteiger partial charge in [0.1, 0.15) is 23.0 Å². The van der Waals surface area contributed by atoms with Gasteiger partial charge in [-0.2, -0.15) is 0 Å². The maximum Gasteiger partial charge on any atom is 0.263 e. The number of aromatic nitrogens is 1. The number of hydrogen-bond donors (Lipinski definition) is 0. The Labute approximate surface area is 156 Å². The smallest absolute Gasteiger partial charge is 0.263 e. The fourth-order valence-corrected chi connectivity index (χ4v) is 3.48. The molecule has 0 aliphatic carbocycles. The maximum absolute atomic E-state index is 14.1. The average molecular weight is 397 g/mol. The Kier molecular flexibility index (Phi) is 5.43. The molecule has 0 fully saturated rings. The van der Waals surface area contributed by atoms with E-state index in [-0.39, 0.29) is 27.5 Å². The lowest BCUT2D eigenvalue weighted by molar-refractivity contribution is 0.0981. The normalized spacial score (nSPS) is 11.4. The molecule has 2 aromatic carbocycles. The molecule has 0 saturated heterocycles. The number of rotatable bonds is 5. The number of carbonyl (C=O) groups is 1. The molecule has 0 aliphatic heterocycles. The van der Waals surface area contributed by atoms with Gasteiger partial charge in [0, 0.05) is 25.2 Å². The molecule has 4 nitrogen and oxygen atoms in total. The first kappa shape index (κ1) is 19.2. The number of nitrogens with zero attached hydrogens (tertiary/aromatic N) is 3. The molecule has 1 aromatic heterocycles. The van der Waals surface area contributed by atoms with E-state index in [9.17, 15) is 22.4 Å². The van der Waals surface area contributed by atoms with Crippen LogP contribution >= 0.6 is 11.3 Å². The van der Waals surface area contributed by atoms with Crippen LogP contribution in [0.3, 0.4) is 0 Å². The summed E-state index contributed by atoms with van der Waals surface area (Å²) in [6.45, 7) is 0.549. The number of amides is 1. The van der Waals surface area contributed by atoms with Crippen LogP contribution in [0.25, 0.3) is 10.2 Å². The third-order valence-corrected chi connectivity index (χ3v) is 4.84. The van der Waals surface area contributed by atoms with Crippen LogP contribution in [0.15, 0.2) is 30.3 Å². The summed E-state index contributed by atoms with van der Waals surface area (Å²) in [6.07, 6.45) is 0. The van der Waals surface area contributed by atoms with Gasteiger partial charge in [-0.3, -0.25) is 9.69 Å². The third kappa shape index (κ3) is 4.09. The molecule has 0 bridgehead atoms. The third-order valence-electron chi connectivity index (χ3n) is 3.81. The number of halogens is 4. The summed E-state index contributed by atoms with van der Waals surface area (Å²) in [4.78, 5) is 19.9. The van der Waals surface area contributed by atoms with Crippen LogP contribution in [0, 0.1) is 23.3 Å². The zero-order valence-corrected chi connectivity index (χ0v) is 15.3. The van der Waals surface area contributed by atoms with Gasteiger partial charge < -0.3 is 4.90 Å². The quantitative estimate of drug-likeness (QED) is 0.610. The topological polar surface area (TPSA) is 36.4 Å². The van der Waals surface area contributed by atoms with Crippen molar-refractivity contribution in [1.29, 1.82) is 0 Å². The van der Waals surface area contributed by atoms with E-state index in [0.29, 0.717) is 18.7 Å². The highest BCUT2D eigenvalue weighted by Crippen LogP contribution is 2.32. The van der Waals surface area contributed by atoms with Crippen molar-refractivity contribution in [3.05, 3.63) is 59.2 Å². The van der Waals surface area contributed by atoms with Gasteiger partial charge in [-0.1, -0.05) is 11.3 Å². The van der Waals surface area contributed by atoms with E-state index in [4.69, 9.17) is 0 Å². The molecule has 0 unspecified atom stereocenters. The van der Waals surface area contributed by atoms with E-state index in [1.165, 1.54) is 4.90 Å². The zero-order valence-electron chi connectivity index (χ0n) is 14.5. The van der Waals surface area contributed by atoms with Gasteiger partial charge in [-0.25, -0.2) is 22.5 Å². The number of fused-ring (bicyclic) bond motifs is 1. The molecule has 1 amide bonds. The molecule has 9 heteroatoms. The number of carbonyl (C=O) groups excluding carboxylic acids is 1. The second-order valence-electron chi connectivity index (χ2n) is 6.12. The second kappa shape index (κ2) is 7.61. The number of likely N-dealkylation sites (N-methyl/N-ethyl adjacent to an activating group) is 1. The van der Waals surface area contributed by atoms with Crippen molar-refractivity contribution in [2.75, 3.05) is 32.1 Å². The van der Waals surface area contributed by atoms with Crippen LogP contribution < -0.4 is 4.90 Å². The summed E-state index contributed by atoms with van der Waals surface area (Å²) in [5.74, 6) is -4.16. The maximum atomic E-state index is 14.1. The standard InChI is InChI=1S/C18H15F4N3OS/c1-24(2)5-6-25(17(26)12-4-3-10(19)7-13(12)21)18-23-16-14(22)8-11(20)9-15(16)27-18/h3-4,7-9H,5-6H2,1-2H3. The summed E-state index contributed by atoms with van der Waals surface area (Å²) in [5, 5.41) is 0.102. The highest BCUT2D eigenvalue weighted by Gasteiger charge is 2.25. The van der Waals surface area contributed by atoms with Gasteiger partial charge in [0.25, 0.3) is 5.91 Å². The lowest BCUT2D eigenvalue weighted by Crippen LogP contribution is -2.37. The lowest BCUT2D eigenvalue weighted by atomic mass is 10.2. The van der Waals surface area contributed by atoms with Crippen molar-refractivity contribution < 1.29 is 22.4 Å². The number of benzene rings is 2. The predicted octanol–water partition coefficient (Wildman–Crippen LogP) is 4.06. The van der Waals surface area contributed by atoms with Crippen LogP contribution in [-0.2, 0) is 0 Å². The van der Waals surface area contributed by atoms with Gasteiger partial charge in [-0.05, 0) is 32.3 Å². The molecule has 142 valence electrons. The first-order valence-electron chi connectivity index (χ1n) is 7.93. The molecule has 0 N–H and O–H groups in total. The van der Waals surface area contributed by atoms with E-state index in [2.05, 4.69) is 4.98 Å². The number of thiazole rings is 1. The van der Waals surface area contributed by atoms with E-state index < -0.39 is 29.2 Å². The van der Waals surface area contributed by atoms with Gasteiger partial charge >= 0.3 is 0 Å². The summed E-state index contributed by atoms with van der Waals surface area (Å²) >= 11 is 0.916. The average Bonchev–Trinajstić information content (AvgIpc) is 2.98. The van der Waals surface area contributed by atoms with Gasteiger partial charge in [-0.15, -0.1) is 0 Å². The van der Waals surface area contributed by atoms with E-state index in [0.717, 1.165) is 29.5 Å². The minimum absolute atomic E-state index is 0.0707. The Morgan fingerprint density at radius 1 is 1.00 bits per heavy atom. The van der Waals surface area contributed by atoms with Crippen molar-refractivity contribution in [3.63, 3.8) is 0 Å². The monoisotopic (exact) mass is 397 g/mol. The predicted molar refractivity (Wildman–Crippen MR) is 96.1 cm³/mol. The van der Waals surface area contributed by atoms with Crippen molar-refractivity contribution in [2.24, 2.45) is 0 Å². The Balaban J connectivity index is 2.05.